The summed E-state index contributed by atoms with van der Waals surface area (Å²) in [7, 11) is 0. The molecule has 2 fully saturated rings. The second kappa shape index (κ2) is 8.79. The smallest absolute Gasteiger partial charge is 0.0771 e. The molecule has 2 aromatic rings. The number of hydrogen-bond acceptors (Lipinski definition) is 3. The molecule has 1 aliphatic heterocycles. The fraction of sp³-hybridized carbons (Fsp3) is 0.625. The summed E-state index contributed by atoms with van der Waals surface area (Å²) in [5.41, 5.74) is 5.11. The lowest BCUT2D eigenvalue weighted by atomic mass is 9.95. The number of aromatic nitrogens is 2. The van der Waals surface area contributed by atoms with Crippen molar-refractivity contribution < 1.29 is 5.11 Å². The van der Waals surface area contributed by atoms with Gasteiger partial charge in [-0.3, -0.25) is 9.58 Å². The number of rotatable bonds is 5. The maximum absolute atomic E-state index is 9.78. The van der Waals surface area contributed by atoms with Gasteiger partial charge in [0.05, 0.1) is 23.5 Å². The molecule has 0 spiro atoms. The SMILES string of the molecule is CC(C)c1ccc(-c2cc(CN3CCC(O)CC3)nn2C2CCCCC2)cc1. The minimum atomic E-state index is -0.119. The molecule has 0 atom stereocenters. The number of piperidine rings is 1. The molecular formula is C24H35N3O. The van der Waals surface area contributed by atoms with Gasteiger partial charge in [-0.2, -0.15) is 5.10 Å². The Balaban J connectivity index is 1.60. The summed E-state index contributed by atoms with van der Waals surface area (Å²) in [4.78, 5) is 2.44. The first kappa shape index (κ1) is 19.7. The van der Waals surface area contributed by atoms with Crippen molar-refractivity contribution >= 4 is 0 Å². The Morgan fingerprint density at radius 3 is 2.32 bits per heavy atom. The molecule has 0 bridgehead atoms. The Labute approximate surface area is 169 Å². The van der Waals surface area contributed by atoms with Crippen LogP contribution in [0.25, 0.3) is 11.3 Å². The summed E-state index contributed by atoms with van der Waals surface area (Å²) in [5.74, 6) is 0.558. The molecule has 152 valence electrons. The van der Waals surface area contributed by atoms with E-state index in [4.69, 9.17) is 5.10 Å². The molecule has 1 aromatic carbocycles. The monoisotopic (exact) mass is 381 g/mol. The first-order valence-corrected chi connectivity index (χ1v) is 11.2. The molecule has 4 nitrogen and oxygen atoms in total. The normalized spacial score (nSPS) is 20.1. The van der Waals surface area contributed by atoms with Crippen LogP contribution in [0, 0.1) is 0 Å². The summed E-state index contributed by atoms with van der Waals surface area (Å²) >= 11 is 0. The van der Waals surface area contributed by atoms with Crippen molar-refractivity contribution in [3.63, 3.8) is 0 Å². The van der Waals surface area contributed by atoms with Crippen molar-refractivity contribution in [2.75, 3.05) is 13.1 Å². The first-order valence-electron chi connectivity index (χ1n) is 11.2. The molecule has 2 heterocycles. The van der Waals surface area contributed by atoms with Crippen LogP contribution in [0.2, 0.25) is 0 Å². The zero-order valence-corrected chi connectivity index (χ0v) is 17.5. The molecule has 0 unspecified atom stereocenters. The highest BCUT2D eigenvalue weighted by atomic mass is 16.3. The third-order valence-corrected chi connectivity index (χ3v) is 6.52. The molecule has 1 N–H and O–H groups in total. The summed E-state index contributed by atoms with van der Waals surface area (Å²) in [6.07, 6.45) is 8.12. The quantitative estimate of drug-likeness (QED) is 0.780. The highest BCUT2D eigenvalue weighted by Crippen LogP contribution is 2.33. The van der Waals surface area contributed by atoms with E-state index in [1.165, 1.54) is 54.6 Å². The lowest BCUT2D eigenvalue weighted by molar-refractivity contribution is 0.0785. The van der Waals surface area contributed by atoms with E-state index in [1.54, 1.807) is 0 Å². The topological polar surface area (TPSA) is 41.3 Å². The van der Waals surface area contributed by atoms with Crippen molar-refractivity contribution in [1.82, 2.24) is 14.7 Å². The molecule has 4 rings (SSSR count). The molecular weight excluding hydrogens is 346 g/mol. The van der Waals surface area contributed by atoms with Gasteiger partial charge in [0.15, 0.2) is 0 Å². The number of nitrogens with zero attached hydrogens (tertiary/aromatic N) is 3. The lowest BCUT2D eigenvalue weighted by Crippen LogP contribution is -2.35. The molecule has 1 aliphatic carbocycles. The van der Waals surface area contributed by atoms with E-state index in [0.29, 0.717) is 12.0 Å². The Morgan fingerprint density at radius 2 is 1.68 bits per heavy atom. The van der Waals surface area contributed by atoms with Crippen LogP contribution in [0.3, 0.4) is 0 Å². The largest absolute Gasteiger partial charge is 0.393 e. The highest BCUT2D eigenvalue weighted by Gasteiger charge is 2.23. The van der Waals surface area contributed by atoms with Crippen molar-refractivity contribution in [3.05, 3.63) is 41.6 Å². The van der Waals surface area contributed by atoms with E-state index in [0.717, 1.165) is 32.5 Å². The van der Waals surface area contributed by atoms with Gasteiger partial charge in [-0.1, -0.05) is 57.4 Å². The van der Waals surface area contributed by atoms with E-state index in [1.807, 2.05) is 0 Å². The van der Waals surface area contributed by atoms with Gasteiger partial charge < -0.3 is 5.11 Å². The van der Waals surface area contributed by atoms with Crippen LogP contribution >= 0.6 is 0 Å². The third kappa shape index (κ3) is 4.49. The van der Waals surface area contributed by atoms with Gasteiger partial charge in [0.25, 0.3) is 0 Å². The average Bonchev–Trinajstić information content (AvgIpc) is 3.14. The predicted molar refractivity (Wildman–Crippen MR) is 114 cm³/mol. The summed E-state index contributed by atoms with van der Waals surface area (Å²) in [5, 5.41) is 14.9. The molecule has 2 aliphatic rings. The van der Waals surface area contributed by atoms with E-state index in [2.05, 4.69) is 53.8 Å². The Bertz CT molecular complexity index is 751. The third-order valence-electron chi connectivity index (χ3n) is 6.52. The Hall–Kier alpha value is -1.65. The van der Waals surface area contributed by atoms with Gasteiger partial charge in [0.1, 0.15) is 0 Å². The van der Waals surface area contributed by atoms with Gasteiger partial charge in [-0.25, -0.2) is 0 Å². The second-order valence-corrected chi connectivity index (χ2v) is 9.04. The molecule has 1 aromatic heterocycles. The number of likely N-dealkylation sites (tertiary alicyclic amines) is 1. The minimum Gasteiger partial charge on any atom is -0.393 e. The molecule has 1 saturated heterocycles. The van der Waals surface area contributed by atoms with Gasteiger partial charge >= 0.3 is 0 Å². The highest BCUT2D eigenvalue weighted by molar-refractivity contribution is 5.61. The van der Waals surface area contributed by atoms with Crippen LogP contribution in [0.15, 0.2) is 30.3 Å². The van der Waals surface area contributed by atoms with E-state index < -0.39 is 0 Å². The zero-order valence-electron chi connectivity index (χ0n) is 17.5. The summed E-state index contributed by atoms with van der Waals surface area (Å²) in [6, 6.07) is 11.9. The van der Waals surface area contributed by atoms with E-state index >= 15 is 0 Å². The lowest BCUT2D eigenvalue weighted by Gasteiger charge is -2.28. The van der Waals surface area contributed by atoms with Gasteiger partial charge in [0, 0.05) is 19.6 Å². The number of aliphatic hydroxyl groups is 1. The Kier molecular flexibility index (Phi) is 6.17. The maximum atomic E-state index is 9.78. The number of benzene rings is 1. The molecule has 28 heavy (non-hydrogen) atoms. The molecule has 1 saturated carbocycles. The van der Waals surface area contributed by atoms with Crippen LogP contribution in [0.4, 0.5) is 0 Å². The zero-order chi connectivity index (χ0) is 19.5. The van der Waals surface area contributed by atoms with Crippen molar-refractivity contribution in [2.45, 2.75) is 83.4 Å². The van der Waals surface area contributed by atoms with Crippen LogP contribution in [0.1, 0.15) is 82.0 Å². The van der Waals surface area contributed by atoms with Crippen molar-refractivity contribution in [3.8, 4) is 11.3 Å². The fourth-order valence-corrected chi connectivity index (χ4v) is 4.69. The van der Waals surface area contributed by atoms with Crippen molar-refractivity contribution in [1.29, 1.82) is 0 Å². The first-order chi connectivity index (χ1) is 13.6. The van der Waals surface area contributed by atoms with E-state index in [-0.39, 0.29) is 6.10 Å². The molecule has 0 radical (unpaired) electrons. The number of aliphatic hydroxyl groups excluding tert-OH is 1. The van der Waals surface area contributed by atoms with Crippen LogP contribution in [-0.2, 0) is 6.54 Å². The minimum absolute atomic E-state index is 0.119. The average molecular weight is 382 g/mol. The number of hydrogen-bond donors (Lipinski definition) is 1. The summed E-state index contributed by atoms with van der Waals surface area (Å²) < 4.78 is 2.33. The van der Waals surface area contributed by atoms with Gasteiger partial charge in [-0.15, -0.1) is 0 Å². The standard InChI is InChI=1S/C24H35N3O/c1-18(2)19-8-10-20(11-9-19)24-16-21(17-26-14-12-23(28)13-15-26)25-27(24)22-6-4-3-5-7-22/h8-11,16,18,22-23,28H,3-7,12-15,17H2,1-2H3. The van der Waals surface area contributed by atoms with Gasteiger partial charge in [-0.05, 0) is 48.8 Å². The summed E-state index contributed by atoms with van der Waals surface area (Å²) in [6.45, 7) is 7.32. The van der Waals surface area contributed by atoms with Crippen LogP contribution in [-0.4, -0.2) is 39.0 Å². The van der Waals surface area contributed by atoms with Crippen LogP contribution in [0.5, 0.6) is 0 Å². The Morgan fingerprint density at radius 1 is 1.00 bits per heavy atom. The molecule has 0 amide bonds. The fourth-order valence-electron chi connectivity index (χ4n) is 4.69. The van der Waals surface area contributed by atoms with Gasteiger partial charge in [0.2, 0.25) is 0 Å². The van der Waals surface area contributed by atoms with E-state index in [9.17, 15) is 5.11 Å². The predicted octanol–water partition coefficient (Wildman–Crippen LogP) is 5.14. The maximum Gasteiger partial charge on any atom is 0.0771 e. The van der Waals surface area contributed by atoms with Crippen LogP contribution < -0.4 is 0 Å². The molecule has 4 heteroatoms. The second-order valence-electron chi connectivity index (χ2n) is 9.04. The van der Waals surface area contributed by atoms with Crippen molar-refractivity contribution in [2.24, 2.45) is 0 Å².